The molecular formula is C30H33F3N7O2+. The third-order valence-electron chi connectivity index (χ3n) is 8.73. The third kappa shape index (κ3) is 5.08. The Bertz CT molecular complexity index is 1490. The second-order valence-electron chi connectivity index (χ2n) is 11.3. The number of ether oxygens (including phenoxy) is 1. The maximum absolute atomic E-state index is 13.1. The summed E-state index contributed by atoms with van der Waals surface area (Å²) in [6, 6.07) is 8.34. The van der Waals surface area contributed by atoms with E-state index in [0.717, 1.165) is 80.7 Å². The van der Waals surface area contributed by atoms with Gasteiger partial charge in [0, 0.05) is 36.9 Å². The summed E-state index contributed by atoms with van der Waals surface area (Å²) in [5, 5.41) is 2.44. The van der Waals surface area contributed by atoms with E-state index in [1.807, 2.05) is 0 Å². The second-order valence-corrected chi connectivity index (χ2v) is 11.3. The van der Waals surface area contributed by atoms with Gasteiger partial charge in [-0.1, -0.05) is 0 Å². The molecule has 4 aliphatic rings. The first-order chi connectivity index (χ1) is 20.1. The number of nitrogens with one attached hydrogen (secondary N) is 1. The highest BCUT2D eigenvalue weighted by Crippen LogP contribution is 2.43. The van der Waals surface area contributed by atoms with Crippen LogP contribution >= 0.6 is 0 Å². The van der Waals surface area contributed by atoms with E-state index in [0.29, 0.717) is 5.84 Å². The Morgan fingerprint density at radius 3 is 2.69 bits per heavy atom. The molecule has 3 aliphatic heterocycles. The predicted octanol–water partition coefficient (Wildman–Crippen LogP) is 4.85. The van der Waals surface area contributed by atoms with E-state index in [1.165, 1.54) is 6.42 Å². The summed E-state index contributed by atoms with van der Waals surface area (Å²) >= 11 is 0. The number of pyridine rings is 1. The molecule has 42 heavy (non-hydrogen) atoms. The Morgan fingerprint density at radius 1 is 1.21 bits per heavy atom. The number of alkyl halides is 3. The highest BCUT2D eigenvalue weighted by Gasteiger charge is 2.49. The van der Waals surface area contributed by atoms with Crippen LogP contribution in [0.3, 0.4) is 0 Å². The first-order valence-electron chi connectivity index (χ1n) is 14.0. The highest BCUT2D eigenvalue weighted by molar-refractivity contribution is 6.05. The van der Waals surface area contributed by atoms with Crippen molar-refractivity contribution in [1.82, 2.24) is 9.88 Å². The number of anilines is 1. The van der Waals surface area contributed by atoms with Gasteiger partial charge in [0.15, 0.2) is 0 Å². The molecule has 4 heterocycles. The topological polar surface area (TPSA) is 105 Å². The molecule has 2 fully saturated rings. The number of amidine groups is 1. The molecule has 2 atom stereocenters. The van der Waals surface area contributed by atoms with Gasteiger partial charge in [-0.15, -0.1) is 4.59 Å². The molecule has 1 saturated carbocycles. The molecule has 1 saturated heterocycles. The Balaban J connectivity index is 1.23. The quantitative estimate of drug-likeness (QED) is 0.360. The van der Waals surface area contributed by atoms with E-state index in [-0.39, 0.29) is 27.4 Å². The molecule has 1 aliphatic carbocycles. The van der Waals surface area contributed by atoms with Gasteiger partial charge in [0.05, 0.1) is 30.1 Å². The van der Waals surface area contributed by atoms with Crippen LogP contribution in [0.1, 0.15) is 53.6 Å². The van der Waals surface area contributed by atoms with Crippen molar-refractivity contribution in [2.24, 2.45) is 21.7 Å². The molecule has 6 rings (SSSR count). The average molecular weight is 581 g/mol. The van der Waals surface area contributed by atoms with Crippen LogP contribution in [0.25, 0.3) is 0 Å². The molecule has 1 aromatic heterocycles. The first-order valence-corrected chi connectivity index (χ1v) is 14.0. The molecule has 2 unspecified atom stereocenters. The van der Waals surface area contributed by atoms with Gasteiger partial charge < -0.3 is 10.1 Å². The number of benzene rings is 1. The number of hydrogen-bond acceptors (Lipinski definition) is 7. The fraction of sp³-hybridized carbons (Fsp3) is 0.400. The summed E-state index contributed by atoms with van der Waals surface area (Å²) in [6.45, 7) is 2.64. The lowest BCUT2D eigenvalue weighted by Gasteiger charge is -2.52. The minimum Gasteiger partial charge on any atom is -0.383 e. The maximum Gasteiger partial charge on any atom is 0.416 e. The molecule has 1 amide bonds. The fourth-order valence-electron chi connectivity index (χ4n) is 6.38. The van der Waals surface area contributed by atoms with Crippen molar-refractivity contribution < 1.29 is 27.3 Å². The van der Waals surface area contributed by atoms with Gasteiger partial charge in [-0.2, -0.15) is 24.0 Å². The van der Waals surface area contributed by atoms with Gasteiger partial charge in [0.1, 0.15) is 17.7 Å². The zero-order valence-corrected chi connectivity index (χ0v) is 23.3. The minimum atomic E-state index is -4.54. The van der Waals surface area contributed by atoms with Gasteiger partial charge in [0.25, 0.3) is 11.7 Å². The largest absolute Gasteiger partial charge is 0.416 e. The number of nitrogens with zero attached hydrogens (tertiary/aromatic N) is 5. The van der Waals surface area contributed by atoms with Crippen molar-refractivity contribution in [1.29, 1.82) is 0 Å². The number of likely N-dealkylation sites (tertiary alicyclic amines) is 1. The zero-order valence-electron chi connectivity index (χ0n) is 23.3. The number of nitrogens with two attached hydrogens (primary N) is 1. The lowest BCUT2D eigenvalue weighted by Crippen LogP contribution is -2.59. The first kappa shape index (κ1) is 28.4. The number of carbonyl (C=O) groups excluding carboxylic acids is 1. The van der Waals surface area contributed by atoms with Crippen molar-refractivity contribution in [2.45, 2.75) is 43.8 Å². The number of aromatic nitrogens is 1. The molecule has 0 radical (unpaired) electrons. The van der Waals surface area contributed by atoms with Gasteiger partial charge in [-0.3, -0.25) is 14.7 Å². The lowest BCUT2D eigenvalue weighted by atomic mass is 9.74. The maximum atomic E-state index is 13.1. The van der Waals surface area contributed by atoms with E-state index < -0.39 is 17.6 Å². The molecule has 0 spiro atoms. The third-order valence-corrected chi connectivity index (χ3v) is 8.73. The summed E-state index contributed by atoms with van der Waals surface area (Å²) in [7, 11) is 1.77. The molecule has 1 aromatic carbocycles. The summed E-state index contributed by atoms with van der Waals surface area (Å²) in [4.78, 5) is 28.7. The number of carbonyl (C=O) groups is 1. The highest BCUT2D eigenvalue weighted by atomic mass is 19.4. The van der Waals surface area contributed by atoms with E-state index in [4.69, 9.17) is 15.6 Å². The minimum absolute atomic E-state index is 0.0962. The number of aliphatic imine (C=N–C) groups is 2. The van der Waals surface area contributed by atoms with Crippen molar-refractivity contribution >= 4 is 23.8 Å². The van der Waals surface area contributed by atoms with Crippen LogP contribution in [-0.4, -0.2) is 64.8 Å². The smallest absolute Gasteiger partial charge is 0.383 e. The number of methoxy groups -OCH3 is 1. The normalized spacial score (nSPS) is 25.2. The monoisotopic (exact) mass is 580 g/mol. The summed E-state index contributed by atoms with van der Waals surface area (Å²) < 4.78 is 44.6. The fourth-order valence-corrected chi connectivity index (χ4v) is 6.38. The van der Waals surface area contributed by atoms with Gasteiger partial charge in [0.2, 0.25) is 5.70 Å². The number of piperidine rings is 1. The van der Waals surface area contributed by atoms with E-state index in [2.05, 4.69) is 20.2 Å². The summed E-state index contributed by atoms with van der Waals surface area (Å²) in [5.41, 5.74) is 1.94. The average Bonchev–Trinajstić information content (AvgIpc) is 3.28. The van der Waals surface area contributed by atoms with Crippen LogP contribution in [-0.2, 0) is 10.9 Å². The number of amides is 1. The van der Waals surface area contributed by atoms with Crippen molar-refractivity contribution in [3.63, 3.8) is 0 Å². The van der Waals surface area contributed by atoms with Crippen molar-refractivity contribution in [2.75, 3.05) is 32.1 Å². The van der Waals surface area contributed by atoms with Crippen LogP contribution in [0.5, 0.6) is 0 Å². The van der Waals surface area contributed by atoms with E-state index in [9.17, 15) is 18.0 Å². The Morgan fingerprint density at radius 2 is 2.00 bits per heavy atom. The number of allylic oxidation sites excluding steroid dienone is 1. The van der Waals surface area contributed by atoms with Crippen LogP contribution in [0.2, 0.25) is 0 Å². The molecule has 2 aromatic rings. The van der Waals surface area contributed by atoms with Gasteiger partial charge in [-0.25, -0.2) is 4.98 Å². The van der Waals surface area contributed by atoms with Crippen molar-refractivity contribution in [3.8, 4) is 0 Å². The summed E-state index contributed by atoms with van der Waals surface area (Å²) in [6.07, 6.45) is 7.24. The number of hydrogen-bond donors (Lipinski definition) is 2. The zero-order chi connectivity index (χ0) is 29.5. The molecule has 220 valence electrons. The second kappa shape index (κ2) is 10.8. The number of fused-ring (bicyclic) bond motifs is 1. The standard InChI is InChI=1S/C30H32F3N7O2/c1-42-19-29(10-3-11-29)39-14-2-4-22(18-39)26-24-17-35-13-15-40(24,34)27(38-26)20-5-7-21(8-6-20)28(41)37-25-16-23(9-12-36-25)30(31,32)33/h5-9,12-13,15-17,22H,2-4,10-11,14,18-19,34H2,1H3/p+1. The number of rotatable bonds is 7. The lowest BCUT2D eigenvalue weighted by molar-refractivity contribution is -0.750. The SMILES string of the molecule is COCC1(N2CCCC(C3=C4C=NC=C[N+]4(N)C(c4ccc(C(=O)Nc5cc(C(F)(F)F)ccn5)cc4)=N3)C2)CCC1. The van der Waals surface area contributed by atoms with E-state index in [1.54, 1.807) is 50.0 Å². The molecule has 12 heteroatoms. The Hall–Kier alpha value is -3.71. The van der Waals surface area contributed by atoms with Crippen LogP contribution in [0.15, 0.2) is 76.4 Å². The molecule has 0 bridgehead atoms. The van der Waals surface area contributed by atoms with Crippen LogP contribution in [0, 0.1) is 5.92 Å². The Labute approximate surface area is 241 Å². The van der Waals surface area contributed by atoms with Crippen LogP contribution in [0.4, 0.5) is 19.0 Å². The Kier molecular flexibility index (Phi) is 7.34. The predicted molar refractivity (Wildman–Crippen MR) is 152 cm³/mol. The molecule has 9 nitrogen and oxygen atoms in total. The van der Waals surface area contributed by atoms with E-state index >= 15 is 0 Å². The van der Waals surface area contributed by atoms with Gasteiger partial charge in [-0.05, 0) is 75.0 Å². The molecular weight excluding hydrogens is 547 g/mol. The number of quaternary nitrogens is 1. The molecule has 3 N–H and O–H groups in total. The number of halogens is 3. The van der Waals surface area contributed by atoms with Crippen LogP contribution < -0.4 is 11.2 Å². The summed E-state index contributed by atoms with van der Waals surface area (Å²) in [5.74, 6) is 6.99. The van der Waals surface area contributed by atoms with Crippen molar-refractivity contribution in [3.05, 3.63) is 83.1 Å². The van der Waals surface area contributed by atoms with Gasteiger partial charge >= 0.3 is 6.18 Å².